The molecule has 1 heteroatoms. The van der Waals surface area contributed by atoms with Crippen molar-refractivity contribution in [2.24, 2.45) is 0 Å². The topological polar surface area (TPSA) is 0 Å². The van der Waals surface area contributed by atoms with Gasteiger partial charge in [-0.05, 0) is 12.8 Å². The lowest BCUT2D eigenvalue weighted by Gasteiger charge is -2.18. The van der Waals surface area contributed by atoms with Crippen molar-refractivity contribution in [2.75, 3.05) is 0 Å². The second-order valence-corrected chi connectivity index (χ2v) is 6.71. The molecule has 0 aliphatic rings. The molecule has 0 fully saturated rings. The van der Waals surface area contributed by atoms with Gasteiger partial charge in [-0.1, -0.05) is 111 Å². The van der Waals surface area contributed by atoms with Crippen LogP contribution in [0.5, 0.6) is 0 Å². The summed E-state index contributed by atoms with van der Waals surface area (Å²) in [5.74, 6) is 0. The zero-order valence-corrected chi connectivity index (χ0v) is 15.6. The molecule has 0 aromatic heterocycles. The van der Waals surface area contributed by atoms with Gasteiger partial charge in [0.25, 0.3) is 0 Å². The Morgan fingerprint density at radius 2 is 1.24 bits per heavy atom. The Labute approximate surface area is 136 Å². The molecule has 0 aliphatic carbocycles. The molecule has 0 saturated carbocycles. The van der Waals surface area contributed by atoms with Crippen LogP contribution >= 0.6 is 0 Å². The number of unbranched alkanes of at least 4 members (excludes halogenated alkanes) is 7. The smallest absolute Gasteiger partial charge is 0.105 e. The summed E-state index contributed by atoms with van der Waals surface area (Å²) < 4.78 is 0. The Kier molecular flexibility index (Phi) is 16.0. The lowest BCUT2D eigenvalue weighted by molar-refractivity contribution is 0.685. The average Bonchev–Trinajstić information content (AvgIpc) is 2.50. The zero-order chi connectivity index (χ0) is 15.8. The predicted octanol–water partition coefficient (Wildman–Crippen LogP) is 7.71. The van der Waals surface area contributed by atoms with Gasteiger partial charge in [-0.25, -0.2) is 0 Å². The molecule has 0 bridgehead atoms. The summed E-state index contributed by atoms with van der Waals surface area (Å²) >= 11 is 0. The number of allylic oxidation sites excluding steroid dienone is 2. The van der Waals surface area contributed by atoms with Gasteiger partial charge < -0.3 is 0 Å². The molecule has 0 rings (SSSR count). The van der Waals surface area contributed by atoms with Gasteiger partial charge in [0.1, 0.15) is 0 Å². The van der Waals surface area contributed by atoms with E-state index in [9.17, 15) is 0 Å². The molecule has 0 atom stereocenters. The van der Waals surface area contributed by atoms with Crippen LogP contribution in [0, 0.1) is 0 Å². The van der Waals surface area contributed by atoms with Crippen molar-refractivity contribution < 1.29 is 0 Å². The van der Waals surface area contributed by atoms with E-state index in [0.717, 1.165) is 6.71 Å². The Morgan fingerprint density at radius 3 is 1.67 bits per heavy atom. The lowest BCUT2D eigenvalue weighted by atomic mass is 9.38. The van der Waals surface area contributed by atoms with Crippen molar-refractivity contribution in [3.8, 4) is 0 Å². The third-order valence-corrected chi connectivity index (χ3v) is 4.57. The van der Waals surface area contributed by atoms with Crippen molar-refractivity contribution in [1.82, 2.24) is 0 Å². The Bertz CT molecular complexity index is 220. The average molecular weight is 292 g/mol. The molecule has 0 heterocycles. The van der Waals surface area contributed by atoms with Crippen molar-refractivity contribution in [2.45, 2.75) is 117 Å². The van der Waals surface area contributed by atoms with Crippen LogP contribution in [0.25, 0.3) is 0 Å². The largest absolute Gasteiger partial charge is 0.170 e. The molecule has 0 unspecified atom stereocenters. The van der Waals surface area contributed by atoms with Crippen molar-refractivity contribution in [1.29, 1.82) is 0 Å². The van der Waals surface area contributed by atoms with Crippen LogP contribution in [-0.4, -0.2) is 6.71 Å². The third-order valence-electron chi connectivity index (χ3n) is 4.57. The van der Waals surface area contributed by atoms with E-state index >= 15 is 0 Å². The minimum atomic E-state index is 0.894. The van der Waals surface area contributed by atoms with E-state index in [4.69, 9.17) is 0 Å². The SMILES string of the molecule is CCC/C=C(\CCC)B(CCCCCC)CCCCCC. The quantitative estimate of drug-likeness (QED) is 0.214. The molecule has 124 valence electrons. The minimum absolute atomic E-state index is 0.894. The van der Waals surface area contributed by atoms with Crippen LogP contribution in [0.15, 0.2) is 11.5 Å². The highest BCUT2D eigenvalue weighted by Gasteiger charge is 2.17. The molecular formula is C20H41B. The first-order chi connectivity index (χ1) is 10.3. The summed E-state index contributed by atoms with van der Waals surface area (Å²) in [5, 5.41) is 0. The molecule has 0 aromatic carbocycles. The monoisotopic (exact) mass is 292 g/mol. The number of rotatable bonds is 15. The molecule has 21 heavy (non-hydrogen) atoms. The molecule has 0 spiro atoms. The molecule has 0 aromatic rings. The number of hydrogen-bond donors (Lipinski definition) is 0. The molecular weight excluding hydrogens is 251 g/mol. The molecule has 0 radical (unpaired) electrons. The van der Waals surface area contributed by atoms with E-state index in [-0.39, 0.29) is 0 Å². The summed E-state index contributed by atoms with van der Waals surface area (Å²) in [5.41, 5.74) is 1.80. The van der Waals surface area contributed by atoms with Crippen LogP contribution in [0.1, 0.15) is 105 Å². The maximum atomic E-state index is 2.59. The number of hydrogen-bond acceptors (Lipinski definition) is 0. The highest BCUT2D eigenvalue weighted by atomic mass is 14.0. The van der Waals surface area contributed by atoms with Gasteiger partial charge in [0.05, 0.1) is 0 Å². The van der Waals surface area contributed by atoms with E-state index in [1.807, 2.05) is 0 Å². The van der Waals surface area contributed by atoms with Gasteiger partial charge in [0, 0.05) is 0 Å². The van der Waals surface area contributed by atoms with Gasteiger partial charge in [-0.2, -0.15) is 0 Å². The van der Waals surface area contributed by atoms with Gasteiger partial charge in [-0.3, -0.25) is 0 Å². The van der Waals surface area contributed by atoms with Gasteiger partial charge in [0.15, 0.2) is 6.71 Å². The van der Waals surface area contributed by atoms with Crippen LogP contribution in [-0.2, 0) is 0 Å². The lowest BCUT2D eigenvalue weighted by Crippen LogP contribution is -2.17. The maximum absolute atomic E-state index is 2.59. The van der Waals surface area contributed by atoms with Crippen LogP contribution < -0.4 is 0 Å². The Hall–Kier alpha value is -0.195. The fourth-order valence-electron chi connectivity index (χ4n) is 3.24. The highest BCUT2D eigenvalue weighted by molar-refractivity contribution is 6.66. The van der Waals surface area contributed by atoms with E-state index in [2.05, 4.69) is 33.8 Å². The summed E-state index contributed by atoms with van der Waals surface area (Å²) in [6, 6.07) is 0. The Balaban J connectivity index is 4.40. The standard InChI is InChI=1S/C20H41B/c1-5-9-12-14-18-21(19-15-13-10-6-2)20(16-8-4)17-11-7-3/h17H,5-16,18-19H2,1-4H3/b20-17+. The Morgan fingerprint density at radius 1 is 0.667 bits per heavy atom. The third kappa shape index (κ3) is 12.1. The fourth-order valence-corrected chi connectivity index (χ4v) is 3.24. The molecule has 0 amide bonds. The molecule has 0 aliphatic heterocycles. The minimum Gasteiger partial charge on any atom is -0.105 e. The van der Waals surface area contributed by atoms with Crippen molar-refractivity contribution in [3.05, 3.63) is 11.5 Å². The first kappa shape index (κ1) is 20.8. The second-order valence-electron chi connectivity index (χ2n) is 6.71. The van der Waals surface area contributed by atoms with Crippen molar-refractivity contribution in [3.63, 3.8) is 0 Å². The maximum Gasteiger partial charge on any atom is 0.170 e. The van der Waals surface area contributed by atoms with Gasteiger partial charge in [-0.15, -0.1) is 5.47 Å². The summed E-state index contributed by atoms with van der Waals surface area (Å²) in [4.78, 5) is 0. The van der Waals surface area contributed by atoms with Crippen molar-refractivity contribution >= 4 is 6.71 Å². The van der Waals surface area contributed by atoms with E-state index in [1.165, 1.54) is 89.7 Å². The predicted molar refractivity (Wildman–Crippen MR) is 102 cm³/mol. The molecule has 0 N–H and O–H groups in total. The van der Waals surface area contributed by atoms with E-state index in [0.29, 0.717) is 0 Å². The summed E-state index contributed by atoms with van der Waals surface area (Å²) in [6.45, 7) is 10.2. The van der Waals surface area contributed by atoms with Crippen LogP contribution in [0.2, 0.25) is 12.6 Å². The van der Waals surface area contributed by atoms with E-state index in [1.54, 1.807) is 5.47 Å². The second kappa shape index (κ2) is 16.2. The zero-order valence-electron chi connectivity index (χ0n) is 15.6. The first-order valence-corrected chi connectivity index (χ1v) is 9.98. The van der Waals surface area contributed by atoms with Crippen LogP contribution in [0.4, 0.5) is 0 Å². The summed E-state index contributed by atoms with van der Waals surface area (Å²) in [7, 11) is 0. The van der Waals surface area contributed by atoms with E-state index < -0.39 is 0 Å². The van der Waals surface area contributed by atoms with Crippen LogP contribution in [0.3, 0.4) is 0 Å². The molecule has 0 nitrogen and oxygen atoms in total. The fraction of sp³-hybridized carbons (Fsp3) is 0.900. The molecule has 0 saturated heterocycles. The normalized spacial score (nSPS) is 11.9. The van der Waals surface area contributed by atoms with Gasteiger partial charge in [0.2, 0.25) is 0 Å². The van der Waals surface area contributed by atoms with Gasteiger partial charge >= 0.3 is 0 Å². The highest BCUT2D eigenvalue weighted by Crippen LogP contribution is 2.23. The first-order valence-electron chi connectivity index (χ1n) is 9.98. The summed E-state index contributed by atoms with van der Waals surface area (Å²) in [6.07, 6.45) is 22.0.